The monoisotopic (exact) mass is 215 g/mol. The third-order valence-corrected chi connectivity index (χ3v) is 2.38. The molecule has 1 fully saturated rings. The van der Waals surface area contributed by atoms with Crippen molar-refractivity contribution in [3.05, 3.63) is 29.3 Å². The Morgan fingerprint density at radius 1 is 1.33 bits per heavy atom. The van der Waals surface area contributed by atoms with Crippen LogP contribution < -0.4 is 5.32 Å². The third kappa shape index (κ3) is 1.93. The number of morpholine rings is 1. The van der Waals surface area contributed by atoms with Gasteiger partial charge < -0.3 is 15.2 Å². The van der Waals surface area contributed by atoms with Gasteiger partial charge in [-0.15, -0.1) is 0 Å². The Balaban J connectivity index is 2.36. The minimum Gasteiger partial charge on any atom is -0.505 e. The average molecular weight is 215 g/mol. The molecule has 0 aromatic heterocycles. The van der Waals surface area contributed by atoms with E-state index in [9.17, 15) is 13.9 Å². The lowest BCUT2D eigenvalue weighted by molar-refractivity contribution is 0.0747. The van der Waals surface area contributed by atoms with Crippen LogP contribution in [-0.2, 0) is 4.74 Å². The highest BCUT2D eigenvalue weighted by Crippen LogP contribution is 2.30. The van der Waals surface area contributed by atoms with E-state index < -0.39 is 23.4 Å². The lowest BCUT2D eigenvalue weighted by atomic mass is 10.0. The molecule has 1 aromatic rings. The summed E-state index contributed by atoms with van der Waals surface area (Å²) in [5.41, 5.74) is -0.0605. The first kappa shape index (κ1) is 10.3. The van der Waals surface area contributed by atoms with Crippen LogP contribution in [0.3, 0.4) is 0 Å². The van der Waals surface area contributed by atoms with E-state index in [2.05, 4.69) is 5.32 Å². The third-order valence-electron chi connectivity index (χ3n) is 2.38. The number of halogens is 2. The SMILES string of the molecule is Oc1c(F)ccc(F)c1[C@H]1COCCN1. The van der Waals surface area contributed by atoms with Crippen LogP contribution in [0.25, 0.3) is 0 Å². The van der Waals surface area contributed by atoms with Gasteiger partial charge >= 0.3 is 0 Å². The fourth-order valence-corrected chi connectivity index (χ4v) is 1.64. The number of aromatic hydroxyl groups is 1. The number of phenolic OH excluding ortho intramolecular Hbond substituents is 1. The summed E-state index contributed by atoms with van der Waals surface area (Å²) in [7, 11) is 0. The van der Waals surface area contributed by atoms with Crippen LogP contribution in [0.2, 0.25) is 0 Å². The molecule has 0 spiro atoms. The smallest absolute Gasteiger partial charge is 0.165 e. The minimum atomic E-state index is -0.821. The molecular formula is C10H11F2NO2. The predicted molar refractivity (Wildman–Crippen MR) is 49.6 cm³/mol. The number of phenols is 1. The Morgan fingerprint density at radius 3 is 2.73 bits per heavy atom. The normalized spacial score (nSPS) is 21.6. The maximum absolute atomic E-state index is 13.4. The molecule has 1 heterocycles. The molecule has 0 aliphatic carbocycles. The number of hydrogen-bond donors (Lipinski definition) is 2. The average Bonchev–Trinajstić information content (AvgIpc) is 2.26. The Morgan fingerprint density at radius 2 is 2.07 bits per heavy atom. The summed E-state index contributed by atoms with van der Waals surface area (Å²) in [5.74, 6) is -2.09. The van der Waals surface area contributed by atoms with Crippen LogP contribution in [0.1, 0.15) is 11.6 Å². The van der Waals surface area contributed by atoms with Crippen molar-refractivity contribution in [1.82, 2.24) is 5.32 Å². The van der Waals surface area contributed by atoms with Gasteiger partial charge in [-0.05, 0) is 12.1 Å². The van der Waals surface area contributed by atoms with Crippen molar-refractivity contribution in [2.24, 2.45) is 0 Å². The molecule has 1 aliphatic heterocycles. The van der Waals surface area contributed by atoms with E-state index in [0.717, 1.165) is 12.1 Å². The number of benzene rings is 1. The zero-order valence-electron chi connectivity index (χ0n) is 7.96. The highest BCUT2D eigenvalue weighted by molar-refractivity contribution is 5.37. The first-order valence-electron chi connectivity index (χ1n) is 4.68. The zero-order chi connectivity index (χ0) is 10.8. The lowest BCUT2D eigenvalue weighted by Crippen LogP contribution is -2.35. The fraction of sp³-hybridized carbons (Fsp3) is 0.400. The largest absolute Gasteiger partial charge is 0.505 e. The van der Waals surface area contributed by atoms with Crippen LogP contribution in [0.4, 0.5) is 8.78 Å². The van der Waals surface area contributed by atoms with Crippen molar-refractivity contribution in [3.63, 3.8) is 0 Å². The van der Waals surface area contributed by atoms with Crippen molar-refractivity contribution in [2.75, 3.05) is 19.8 Å². The van der Waals surface area contributed by atoms with Gasteiger partial charge in [-0.25, -0.2) is 8.78 Å². The number of ether oxygens (including phenoxy) is 1. The second-order valence-electron chi connectivity index (χ2n) is 3.37. The summed E-state index contributed by atoms with van der Waals surface area (Å²) in [4.78, 5) is 0. The molecule has 2 N–H and O–H groups in total. The summed E-state index contributed by atoms with van der Waals surface area (Å²) < 4.78 is 31.5. The molecule has 0 radical (unpaired) electrons. The van der Waals surface area contributed by atoms with Gasteiger partial charge in [0.2, 0.25) is 0 Å². The first-order chi connectivity index (χ1) is 7.20. The van der Waals surface area contributed by atoms with Crippen LogP contribution in [0, 0.1) is 11.6 Å². The summed E-state index contributed by atoms with van der Waals surface area (Å²) in [5, 5.41) is 12.4. The molecule has 5 heteroatoms. The van der Waals surface area contributed by atoms with Gasteiger partial charge in [-0.1, -0.05) is 0 Å². The van der Waals surface area contributed by atoms with Crippen LogP contribution in [0.5, 0.6) is 5.75 Å². The van der Waals surface area contributed by atoms with Crippen LogP contribution in [0.15, 0.2) is 12.1 Å². The van der Waals surface area contributed by atoms with E-state index in [4.69, 9.17) is 4.74 Å². The Labute approximate surface area is 85.7 Å². The molecule has 82 valence electrons. The first-order valence-corrected chi connectivity index (χ1v) is 4.68. The molecule has 1 saturated heterocycles. The molecule has 0 bridgehead atoms. The van der Waals surface area contributed by atoms with E-state index in [1.54, 1.807) is 0 Å². The Bertz CT molecular complexity index is 365. The van der Waals surface area contributed by atoms with Gasteiger partial charge in [0, 0.05) is 6.54 Å². The lowest BCUT2D eigenvalue weighted by Gasteiger charge is -2.25. The van der Waals surface area contributed by atoms with Crippen LogP contribution in [-0.4, -0.2) is 24.9 Å². The second-order valence-corrected chi connectivity index (χ2v) is 3.37. The number of rotatable bonds is 1. The number of hydrogen-bond acceptors (Lipinski definition) is 3. The summed E-state index contributed by atoms with van der Waals surface area (Å²) >= 11 is 0. The van der Waals surface area contributed by atoms with Crippen molar-refractivity contribution in [3.8, 4) is 5.75 Å². The van der Waals surface area contributed by atoms with E-state index in [1.807, 2.05) is 0 Å². The standard InChI is InChI=1S/C10H11F2NO2/c11-6-1-2-7(12)10(14)9(6)8-5-15-4-3-13-8/h1-2,8,13-14H,3-5H2/t8-/m1/s1. The van der Waals surface area contributed by atoms with Crippen molar-refractivity contribution < 1.29 is 18.6 Å². The highest BCUT2D eigenvalue weighted by atomic mass is 19.1. The molecule has 2 rings (SSSR count). The molecule has 1 aromatic carbocycles. The molecule has 0 unspecified atom stereocenters. The van der Waals surface area contributed by atoms with Crippen molar-refractivity contribution >= 4 is 0 Å². The molecule has 0 amide bonds. The topological polar surface area (TPSA) is 41.5 Å². The van der Waals surface area contributed by atoms with Gasteiger partial charge in [0.15, 0.2) is 11.6 Å². The van der Waals surface area contributed by atoms with E-state index in [1.165, 1.54) is 0 Å². The number of nitrogens with one attached hydrogen (secondary N) is 1. The summed E-state index contributed by atoms with van der Waals surface area (Å²) in [6.07, 6.45) is 0. The maximum Gasteiger partial charge on any atom is 0.165 e. The minimum absolute atomic E-state index is 0.0605. The summed E-state index contributed by atoms with van der Waals surface area (Å²) in [6.45, 7) is 1.32. The van der Waals surface area contributed by atoms with Gasteiger partial charge in [-0.2, -0.15) is 0 Å². The fourth-order valence-electron chi connectivity index (χ4n) is 1.64. The van der Waals surface area contributed by atoms with Gasteiger partial charge in [0.1, 0.15) is 5.82 Å². The van der Waals surface area contributed by atoms with E-state index >= 15 is 0 Å². The molecule has 0 saturated carbocycles. The van der Waals surface area contributed by atoms with Crippen molar-refractivity contribution in [1.29, 1.82) is 0 Å². The quantitative estimate of drug-likeness (QED) is 0.742. The Hall–Kier alpha value is -1.20. The van der Waals surface area contributed by atoms with Crippen molar-refractivity contribution in [2.45, 2.75) is 6.04 Å². The highest BCUT2D eigenvalue weighted by Gasteiger charge is 2.24. The Kier molecular flexibility index (Phi) is 2.83. The van der Waals surface area contributed by atoms with Gasteiger partial charge in [0.25, 0.3) is 0 Å². The summed E-state index contributed by atoms with van der Waals surface area (Å²) in [6, 6.07) is 1.41. The molecule has 1 aliphatic rings. The molecule has 15 heavy (non-hydrogen) atoms. The molecule has 3 nitrogen and oxygen atoms in total. The molecule has 1 atom stereocenters. The maximum atomic E-state index is 13.4. The van der Waals surface area contributed by atoms with E-state index in [0.29, 0.717) is 13.2 Å². The van der Waals surface area contributed by atoms with E-state index in [-0.39, 0.29) is 12.2 Å². The second kappa shape index (κ2) is 4.12. The predicted octanol–water partition coefficient (Wildman–Crippen LogP) is 1.33. The van der Waals surface area contributed by atoms with Gasteiger partial charge in [-0.3, -0.25) is 0 Å². The zero-order valence-corrected chi connectivity index (χ0v) is 7.96. The van der Waals surface area contributed by atoms with Gasteiger partial charge in [0.05, 0.1) is 24.8 Å². The van der Waals surface area contributed by atoms with Crippen LogP contribution >= 0.6 is 0 Å². The molecular weight excluding hydrogens is 204 g/mol.